The Balaban J connectivity index is 1.44. The Morgan fingerprint density at radius 3 is 3.00 bits per heavy atom. The molecular weight excluding hydrogens is 320 g/mol. The van der Waals surface area contributed by atoms with Crippen molar-refractivity contribution in [2.75, 3.05) is 20.1 Å². The third-order valence-electron chi connectivity index (χ3n) is 5.18. The number of nitrogens with zero attached hydrogens (tertiary/aromatic N) is 5. The van der Waals surface area contributed by atoms with Crippen molar-refractivity contribution < 1.29 is 9.32 Å². The van der Waals surface area contributed by atoms with Crippen molar-refractivity contribution >= 4 is 5.91 Å². The van der Waals surface area contributed by atoms with Crippen molar-refractivity contribution in [3.05, 3.63) is 29.7 Å². The van der Waals surface area contributed by atoms with E-state index < -0.39 is 0 Å². The number of aromatic nitrogens is 4. The summed E-state index contributed by atoms with van der Waals surface area (Å²) in [5.74, 6) is 1.91. The third kappa shape index (κ3) is 3.30. The summed E-state index contributed by atoms with van der Waals surface area (Å²) in [4.78, 5) is 18.7. The lowest BCUT2D eigenvalue weighted by atomic mass is 10.0. The first-order chi connectivity index (χ1) is 12.2. The SMILES string of the molecule is CNC(=O)c1ccn(C2CCCN(C(C)c3nc(C4CC4)no3)C2)n1. The van der Waals surface area contributed by atoms with Crippen LogP contribution in [0.15, 0.2) is 16.8 Å². The summed E-state index contributed by atoms with van der Waals surface area (Å²) in [5, 5.41) is 11.2. The van der Waals surface area contributed by atoms with Crippen LogP contribution in [0.2, 0.25) is 0 Å². The van der Waals surface area contributed by atoms with E-state index in [1.165, 1.54) is 12.8 Å². The van der Waals surface area contributed by atoms with E-state index in [-0.39, 0.29) is 18.0 Å². The molecule has 2 aromatic rings. The smallest absolute Gasteiger partial charge is 0.271 e. The number of piperidine rings is 1. The van der Waals surface area contributed by atoms with Crippen LogP contribution in [0.5, 0.6) is 0 Å². The van der Waals surface area contributed by atoms with Gasteiger partial charge in [-0.2, -0.15) is 10.1 Å². The zero-order chi connectivity index (χ0) is 17.4. The minimum absolute atomic E-state index is 0.0942. The lowest BCUT2D eigenvalue weighted by Gasteiger charge is -2.35. The highest BCUT2D eigenvalue weighted by Crippen LogP contribution is 2.39. The maximum atomic E-state index is 11.7. The van der Waals surface area contributed by atoms with Gasteiger partial charge in [0.25, 0.3) is 5.91 Å². The third-order valence-corrected chi connectivity index (χ3v) is 5.18. The van der Waals surface area contributed by atoms with Crippen molar-refractivity contribution in [3.8, 4) is 0 Å². The first kappa shape index (κ1) is 16.3. The zero-order valence-electron chi connectivity index (χ0n) is 14.7. The fourth-order valence-electron chi connectivity index (χ4n) is 3.42. The van der Waals surface area contributed by atoms with Gasteiger partial charge in [0, 0.05) is 25.7 Å². The Kier molecular flexibility index (Phi) is 4.29. The molecule has 8 nitrogen and oxygen atoms in total. The molecule has 0 aromatic carbocycles. The van der Waals surface area contributed by atoms with E-state index >= 15 is 0 Å². The molecule has 1 N–H and O–H groups in total. The molecule has 1 aliphatic heterocycles. The minimum atomic E-state index is -0.154. The normalized spacial score (nSPS) is 22.7. The van der Waals surface area contributed by atoms with Gasteiger partial charge in [-0.15, -0.1) is 0 Å². The number of carbonyl (C=O) groups excluding carboxylic acids is 1. The number of nitrogens with one attached hydrogen (secondary N) is 1. The first-order valence-corrected chi connectivity index (χ1v) is 9.00. The van der Waals surface area contributed by atoms with Gasteiger partial charge >= 0.3 is 0 Å². The van der Waals surface area contributed by atoms with Gasteiger partial charge in [-0.25, -0.2) is 0 Å². The summed E-state index contributed by atoms with van der Waals surface area (Å²) < 4.78 is 7.40. The molecule has 2 atom stereocenters. The van der Waals surface area contributed by atoms with Gasteiger partial charge in [0.1, 0.15) is 5.69 Å². The van der Waals surface area contributed by atoms with Gasteiger partial charge in [-0.1, -0.05) is 5.16 Å². The van der Waals surface area contributed by atoms with Crippen LogP contribution in [0.1, 0.15) is 72.8 Å². The summed E-state index contributed by atoms with van der Waals surface area (Å²) in [7, 11) is 1.62. The molecule has 2 aliphatic rings. The van der Waals surface area contributed by atoms with Crippen molar-refractivity contribution in [1.82, 2.24) is 30.1 Å². The van der Waals surface area contributed by atoms with Gasteiger partial charge in [0.2, 0.25) is 5.89 Å². The Morgan fingerprint density at radius 1 is 1.40 bits per heavy atom. The topological polar surface area (TPSA) is 89.1 Å². The van der Waals surface area contributed by atoms with Gasteiger partial charge < -0.3 is 9.84 Å². The summed E-state index contributed by atoms with van der Waals surface area (Å²) in [6, 6.07) is 2.11. The van der Waals surface area contributed by atoms with Gasteiger partial charge in [-0.3, -0.25) is 14.4 Å². The molecule has 0 spiro atoms. The molecule has 1 saturated heterocycles. The minimum Gasteiger partial charge on any atom is -0.354 e. The molecule has 2 aromatic heterocycles. The zero-order valence-corrected chi connectivity index (χ0v) is 14.7. The molecule has 2 unspecified atom stereocenters. The van der Waals surface area contributed by atoms with Crippen LogP contribution in [0.3, 0.4) is 0 Å². The molecule has 1 saturated carbocycles. The Labute approximate surface area is 146 Å². The summed E-state index contributed by atoms with van der Waals surface area (Å²) in [5.41, 5.74) is 0.457. The standard InChI is InChI=1S/C17H24N6O2/c1-11(17-19-15(21-25-17)12-5-6-12)22-8-3-4-13(10-22)23-9-7-14(20-23)16(24)18-2/h7,9,11-13H,3-6,8,10H2,1-2H3,(H,18,24). The van der Waals surface area contributed by atoms with Crippen molar-refractivity contribution in [2.45, 2.75) is 50.6 Å². The maximum Gasteiger partial charge on any atom is 0.271 e. The van der Waals surface area contributed by atoms with Crippen LogP contribution in [0, 0.1) is 0 Å². The number of amides is 1. The Bertz CT molecular complexity index is 750. The monoisotopic (exact) mass is 344 g/mol. The van der Waals surface area contributed by atoms with E-state index in [1.807, 2.05) is 10.9 Å². The molecular formula is C17H24N6O2. The highest BCUT2D eigenvalue weighted by molar-refractivity contribution is 5.91. The van der Waals surface area contributed by atoms with E-state index in [0.717, 1.165) is 31.8 Å². The van der Waals surface area contributed by atoms with Crippen molar-refractivity contribution in [1.29, 1.82) is 0 Å². The molecule has 25 heavy (non-hydrogen) atoms. The number of carbonyl (C=O) groups is 1. The van der Waals surface area contributed by atoms with Crippen LogP contribution in [0.4, 0.5) is 0 Å². The molecule has 1 amide bonds. The molecule has 4 rings (SSSR count). The van der Waals surface area contributed by atoms with Gasteiger partial charge in [-0.05, 0) is 45.2 Å². The second kappa shape index (κ2) is 6.59. The van der Waals surface area contributed by atoms with E-state index in [0.29, 0.717) is 17.5 Å². The maximum absolute atomic E-state index is 11.7. The highest BCUT2D eigenvalue weighted by atomic mass is 16.5. The summed E-state index contributed by atoms with van der Waals surface area (Å²) >= 11 is 0. The quantitative estimate of drug-likeness (QED) is 0.891. The average molecular weight is 344 g/mol. The number of hydrogen-bond donors (Lipinski definition) is 1. The van der Waals surface area contributed by atoms with Crippen LogP contribution >= 0.6 is 0 Å². The fourth-order valence-corrected chi connectivity index (χ4v) is 3.42. The number of likely N-dealkylation sites (tertiary alicyclic amines) is 1. The fraction of sp³-hybridized carbons (Fsp3) is 0.647. The molecule has 8 heteroatoms. The lowest BCUT2D eigenvalue weighted by Crippen LogP contribution is -2.38. The first-order valence-electron chi connectivity index (χ1n) is 9.00. The van der Waals surface area contributed by atoms with Crippen LogP contribution in [-0.2, 0) is 0 Å². The van der Waals surface area contributed by atoms with Crippen molar-refractivity contribution in [3.63, 3.8) is 0 Å². The number of hydrogen-bond acceptors (Lipinski definition) is 6. The lowest BCUT2D eigenvalue weighted by molar-refractivity contribution is 0.0951. The van der Waals surface area contributed by atoms with E-state index in [9.17, 15) is 4.79 Å². The molecule has 134 valence electrons. The Hall–Kier alpha value is -2.22. The summed E-state index contributed by atoms with van der Waals surface area (Å²) in [6.45, 7) is 3.98. The predicted octanol–water partition coefficient (Wildman–Crippen LogP) is 1.90. The largest absolute Gasteiger partial charge is 0.354 e. The van der Waals surface area contributed by atoms with Gasteiger partial charge in [0.05, 0.1) is 12.1 Å². The van der Waals surface area contributed by atoms with E-state index in [4.69, 9.17) is 4.52 Å². The second-order valence-corrected chi connectivity index (χ2v) is 6.99. The second-order valence-electron chi connectivity index (χ2n) is 6.99. The van der Waals surface area contributed by atoms with E-state index in [2.05, 4.69) is 32.4 Å². The number of rotatable bonds is 5. The Morgan fingerprint density at radius 2 is 2.24 bits per heavy atom. The van der Waals surface area contributed by atoms with Gasteiger partial charge in [0.15, 0.2) is 5.82 Å². The van der Waals surface area contributed by atoms with Crippen molar-refractivity contribution in [2.24, 2.45) is 0 Å². The van der Waals surface area contributed by atoms with Crippen LogP contribution < -0.4 is 5.32 Å². The van der Waals surface area contributed by atoms with E-state index in [1.54, 1.807) is 13.1 Å². The van der Waals surface area contributed by atoms with Crippen LogP contribution in [0.25, 0.3) is 0 Å². The van der Waals surface area contributed by atoms with Crippen LogP contribution in [-0.4, -0.2) is 50.9 Å². The molecule has 0 radical (unpaired) electrons. The molecule has 0 bridgehead atoms. The molecule has 1 aliphatic carbocycles. The summed E-state index contributed by atoms with van der Waals surface area (Å²) in [6.07, 6.45) is 6.36. The molecule has 2 fully saturated rings. The average Bonchev–Trinajstić information content (AvgIpc) is 3.18. The molecule has 3 heterocycles. The predicted molar refractivity (Wildman–Crippen MR) is 90.1 cm³/mol. The highest BCUT2D eigenvalue weighted by Gasteiger charge is 2.32.